The predicted molar refractivity (Wildman–Crippen MR) is 93.3 cm³/mol. The number of nitrogens with one attached hydrogen (secondary N) is 1. The van der Waals surface area contributed by atoms with Crippen LogP contribution in [-0.2, 0) is 9.84 Å². The molecule has 23 heavy (non-hydrogen) atoms. The van der Waals surface area contributed by atoms with Crippen LogP contribution in [0, 0.1) is 0 Å². The molecule has 2 aromatic carbocycles. The molecular formula is C16H17ClN2O3S. The van der Waals surface area contributed by atoms with Gasteiger partial charge in [-0.15, -0.1) is 0 Å². The van der Waals surface area contributed by atoms with Gasteiger partial charge in [-0.3, -0.25) is 4.79 Å². The number of carbonyl (C=O) groups excluding carboxylic acids is 1. The summed E-state index contributed by atoms with van der Waals surface area (Å²) >= 11 is 5.99. The van der Waals surface area contributed by atoms with E-state index < -0.39 is 9.84 Å². The minimum Gasteiger partial charge on any atom is -0.376 e. The van der Waals surface area contributed by atoms with Crippen LogP contribution in [-0.4, -0.2) is 34.7 Å². The maximum atomic E-state index is 12.3. The Labute approximate surface area is 140 Å². The van der Waals surface area contributed by atoms with Gasteiger partial charge in [-0.25, -0.2) is 8.42 Å². The molecule has 2 aromatic rings. The lowest BCUT2D eigenvalue weighted by Gasteiger charge is -2.18. The number of nitrogens with zero attached hydrogens (tertiary/aromatic N) is 1. The van der Waals surface area contributed by atoms with Crippen LogP contribution in [0.2, 0.25) is 5.02 Å². The van der Waals surface area contributed by atoms with Crippen molar-refractivity contribution in [1.82, 2.24) is 0 Å². The molecule has 0 saturated heterocycles. The fourth-order valence-corrected chi connectivity index (χ4v) is 2.85. The number of amides is 1. The van der Waals surface area contributed by atoms with E-state index in [1.54, 1.807) is 12.1 Å². The molecule has 0 aliphatic carbocycles. The molecular weight excluding hydrogens is 336 g/mol. The molecule has 2 rings (SSSR count). The van der Waals surface area contributed by atoms with Gasteiger partial charge in [-0.2, -0.15) is 0 Å². The van der Waals surface area contributed by atoms with Crippen LogP contribution in [0.25, 0.3) is 0 Å². The average molecular weight is 353 g/mol. The monoisotopic (exact) mass is 352 g/mol. The Kier molecular flexibility index (Phi) is 4.97. The smallest absolute Gasteiger partial charge is 0.255 e. The van der Waals surface area contributed by atoms with Gasteiger partial charge in [0.2, 0.25) is 0 Å². The van der Waals surface area contributed by atoms with E-state index in [4.69, 9.17) is 11.6 Å². The van der Waals surface area contributed by atoms with Crippen LogP contribution in [0.15, 0.2) is 47.4 Å². The Morgan fingerprint density at radius 1 is 1.09 bits per heavy atom. The number of carbonyl (C=O) groups is 1. The lowest BCUT2D eigenvalue weighted by molar-refractivity contribution is 0.102. The first-order valence-corrected chi connectivity index (χ1v) is 9.04. The quantitative estimate of drug-likeness (QED) is 0.918. The van der Waals surface area contributed by atoms with Crippen LogP contribution < -0.4 is 10.2 Å². The van der Waals surface area contributed by atoms with Gasteiger partial charge < -0.3 is 10.2 Å². The van der Waals surface area contributed by atoms with Gasteiger partial charge in [0.25, 0.3) is 5.91 Å². The van der Waals surface area contributed by atoms with E-state index in [9.17, 15) is 13.2 Å². The van der Waals surface area contributed by atoms with Crippen LogP contribution in [0.4, 0.5) is 11.4 Å². The third-order valence-electron chi connectivity index (χ3n) is 3.23. The number of halogens is 1. The normalized spacial score (nSPS) is 11.1. The van der Waals surface area contributed by atoms with Gasteiger partial charge in [0.15, 0.2) is 9.84 Å². The largest absolute Gasteiger partial charge is 0.376 e. The van der Waals surface area contributed by atoms with Crippen LogP contribution in [0.5, 0.6) is 0 Å². The van der Waals surface area contributed by atoms with Gasteiger partial charge >= 0.3 is 0 Å². The summed E-state index contributed by atoms with van der Waals surface area (Å²) in [6, 6.07) is 11.0. The van der Waals surface area contributed by atoms with Crippen molar-refractivity contribution < 1.29 is 13.2 Å². The number of rotatable bonds is 4. The number of hydrogen-bond acceptors (Lipinski definition) is 4. The third kappa shape index (κ3) is 4.24. The average Bonchev–Trinajstić information content (AvgIpc) is 2.46. The molecule has 1 N–H and O–H groups in total. The number of anilines is 2. The lowest BCUT2D eigenvalue weighted by Crippen LogP contribution is -2.16. The molecule has 7 heteroatoms. The maximum Gasteiger partial charge on any atom is 0.255 e. The first-order chi connectivity index (χ1) is 10.7. The fourth-order valence-electron chi connectivity index (χ4n) is 2.05. The summed E-state index contributed by atoms with van der Waals surface area (Å²) in [5.41, 5.74) is 1.76. The highest BCUT2D eigenvalue weighted by Gasteiger charge is 2.13. The highest BCUT2D eigenvalue weighted by Crippen LogP contribution is 2.28. The van der Waals surface area contributed by atoms with E-state index in [1.807, 2.05) is 25.1 Å². The molecule has 0 aromatic heterocycles. The molecule has 0 unspecified atom stereocenters. The SMILES string of the molecule is CN(C)c1ccc(Cl)cc1NC(=O)c1ccc(S(C)(=O)=O)cc1. The highest BCUT2D eigenvalue weighted by atomic mass is 35.5. The van der Waals surface area contributed by atoms with Crippen molar-refractivity contribution in [2.45, 2.75) is 4.90 Å². The summed E-state index contributed by atoms with van der Waals surface area (Å²) < 4.78 is 22.9. The standard InChI is InChI=1S/C16H17ClN2O3S/c1-19(2)15-9-6-12(17)10-14(15)18-16(20)11-4-7-13(8-5-11)23(3,21)22/h4-10H,1-3H3,(H,18,20). The minimum absolute atomic E-state index is 0.172. The van der Waals surface area contributed by atoms with E-state index in [-0.39, 0.29) is 10.8 Å². The Bertz CT molecular complexity index is 831. The van der Waals surface area contributed by atoms with Gasteiger partial charge in [0, 0.05) is 30.9 Å². The van der Waals surface area contributed by atoms with Gasteiger partial charge in [-0.05, 0) is 42.5 Å². The van der Waals surface area contributed by atoms with E-state index in [1.165, 1.54) is 24.3 Å². The zero-order valence-corrected chi connectivity index (χ0v) is 14.6. The van der Waals surface area contributed by atoms with E-state index >= 15 is 0 Å². The van der Waals surface area contributed by atoms with Crippen LogP contribution >= 0.6 is 11.6 Å². The number of sulfone groups is 1. The first kappa shape index (κ1) is 17.3. The summed E-state index contributed by atoms with van der Waals surface area (Å²) in [6.07, 6.45) is 1.12. The fraction of sp³-hybridized carbons (Fsp3) is 0.188. The molecule has 0 aliphatic rings. The molecule has 0 aliphatic heterocycles. The molecule has 5 nitrogen and oxygen atoms in total. The molecule has 0 fully saturated rings. The molecule has 0 atom stereocenters. The highest BCUT2D eigenvalue weighted by molar-refractivity contribution is 7.90. The predicted octanol–water partition coefficient (Wildman–Crippen LogP) is 3.06. The molecule has 0 radical (unpaired) electrons. The first-order valence-electron chi connectivity index (χ1n) is 6.77. The van der Waals surface area contributed by atoms with Crippen molar-refractivity contribution >= 4 is 38.7 Å². The number of benzene rings is 2. The van der Waals surface area contributed by atoms with E-state index in [2.05, 4.69) is 5.32 Å². The molecule has 0 heterocycles. The van der Waals surface area contributed by atoms with Crippen molar-refractivity contribution in [2.24, 2.45) is 0 Å². The Morgan fingerprint density at radius 2 is 1.70 bits per heavy atom. The van der Waals surface area contributed by atoms with Gasteiger partial charge in [-0.1, -0.05) is 11.6 Å². The topological polar surface area (TPSA) is 66.5 Å². The zero-order chi connectivity index (χ0) is 17.2. The second kappa shape index (κ2) is 6.60. The van der Waals surface area contributed by atoms with Crippen LogP contribution in [0.1, 0.15) is 10.4 Å². The maximum absolute atomic E-state index is 12.3. The van der Waals surface area contributed by atoms with Gasteiger partial charge in [0.05, 0.1) is 16.3 Å². The van der Waals surface area contributed by atoms with E-state index in [0.717, 1.165) is 11.9 Å². The molecule has 0 spiro atoms. The second-order valence-electron chi connectivity index (χ2n) is 5.31. The second-order valence-corrected chi connectivity index (χ2v) is 7.76. The Balaban J connectivity index is 2.28. The summed E-state index contributed by atoms with van der Waals surface area (Å²) in [7, 11) is 0.438. The molecule has 122 valence electrons. The zero-order valence-electron chi connectivity index (χ0n) is 13.0. The molecule has 0 bridgehead atoms. The van der Waals surface area contributed by atoms with Crippen molar-refractivity contribution in [3.05, 3.63) is 53.1 Å². The number of hydrogen-bond donors (Lipinski definition) is 1. The van der Waals surface area contributed by atoms with Gasteiger partial charge in [0.1, 0.15) is 0 Å². The Morgan fingerprint density at radius 3 is 2.22 bits per heavy atom. The van der Waals surface area contributed by atoms with Crippen molar-refractivity contribution in [2.75, 3.05) is 30.6 Å². The van der Waals surface area contributed by atoms with Crippen molar-refractivity contribution in [3.63, 3.8) is 0 Å². The van der Waals surface area contributed by atoms with Crippen molar-refractivity contribution in [3.8, 4) is 0 Å². The third-order valence-corrected chi connectivity index (χ3v) is 4.60. The van der Waals surface area contributed by atoms with Crippen LogP contribution in [0.3, 0.4) is 0 Å². The Hall–Kier alpha value is -2.05. The summed E-state index contributed by atoms with van der Waals surface area (Å²) in [5.74, 6) is -0.338. The molecule has 0 saturated carbocycles. The minimum atomic E-state index is -3.28. The lowest BCUT2D eigenvalue weighted by atomic mass is 10.2. The summed E-state index contributed by atoms with van der Waals surface area (Å²) in [5, 5.41) is 3.31. The molecule has 1 amide bonds. The van der Waals surface area contributed by atoms with Crippen molar-refractivity contribution in [1.29, 1.82) is 0 Å². The summed E-state index contributed by atoms with van der Waals surface area (Å²) in [4.78, 5) is 14.4. The summed E-state index contributed by atoms with van der Waals surface area (Å²) in [6.45, 7) is 0. The van der Waals surface area contributed by atoms with E-state index in [0.29, 0.717) is 16.3 Å².